The summed E-state index contributed by atoms with van der Waals surface area (Å²) in [5.41, 5.74) is 1.31. The fourth-order valence-corrected chi connectivity index (χ4v) is 2.47. The molecule has 0 fully saturated rings. The number of aryl methyl sites for hydroxylation is 1. The van der Waals surface area contributed by atoms with Crippen LogP contribution in [-0.4, -0.2) is 23.4 Å². The molecule has 0 aliphatic heterocycles. The van der Waals surface area contributed by atoms with Gasteiger partial charge in [-0.1, -0.05) is 26.0 Å². The zero-order chi connectivity index (χ0) is 12.3. The summed E-state index contributed by atoms with van der Waals surface area (Å²) in [4.78, 5) is 0. The van der Waals surface area contributed by atoms with Crippen LogP contribution < -0.4 is 0 Å². The van der Waals surface area contributed by atoms with Crippen molar-refractivity contribution in [2.45, 2.75) is 45.4 Å². The molecule has 0 saturated heterocycles. The van der Waals surface area contributed by atoms with Crippen molar-refractivity contribution in [1.29, 1.82) is 0 Å². The smallest absolute Gasteiger partial charge is 0.238 e. The molecule has 0 bridgehead atoms. The molecular weight excluding hydrogens is 250 g/mol. The summed E-state index contributed by atoms with van der Waals surface area (Å²) in [6.45, 7) is 6.73. The van der Waals surface area contributed by atoms with Gasteiger partial charge in [-0.05, 0) is 12.3 Å². The van der Waals surface area contributed by atoms with Gasteiger partial charge in [0.15, 0.2) is 0 Å². The van der Waals surface area contributed by atoms with Gasteiger partial charge in [-0.2, -0.15) is 0 Å². The van der Waals surface area contributed by atoms with Crippen LogP contribution in [-0.2, 0) is 21.3 Å². The highest BCUT2D eigenvalue weighted by Crippen LogP contribution is 2.20. The molecule has 0 radical (unpaired) electrons. The van der Waals surface area contributed by atoms with Crippen LogP contribution in [0, 0.1) is 0 Å². The van der Waals surface area contributed by atoms with Gasteiger partial charge in [-0.15, -0.1) is 5.10 Å². The molecule has 7 heteroatoms. The molecule has 16 heavy (non-hydrogen) atoms. The van der Waals surface area contributed by atoms with E-state index in [9.17, 15) is 8.42 Å². The monoisotopic (exact) mass is 265 g/mol. The molecular formula is C9H16ClN3O2S. The van der Waals surface area contributed by atoms with E-state index >= 15 is 0 Å². The van der Waals surface area contributed by atoms with E-state index in [1.807, 2.05) is 20.8 Å². The van der Waals surface area contributed by atoms with Gasteiger partial charge in [-0.3, -0.25) is 0 Å². The second-order valence-electron chi connectivity index (χ2n) is 3.98. The molecule has 0 atom stereocenters. The number of halogens is 1. The first-order chi connectivity index (χ1) is 7.35. The van der Waals surface area contributed by atoms with E-state index in [0.29, 0.717) is 5.69 Å². The third-order valence-electron chi connectivity index (χ3n) is 2.14. The molecule has 0 aliphatic rings. The lowest BCUT2D eigenvalue weighted by molar-refractivity contribution is 0.541. The van der Waals surface area contributed by atoms with E-state index in [2.05, 4.69) is 10.3 Å². The average molecular weight is 266 g/mol. The second-order valence-corrected chi connectivity index (χ2v) is 6.76. The highest BCUT2D eigenvalue weighted by molar-refractivity contribution is 8.13. The Morgan fingerprint density at radius 2 is 2.06 bits per heavy atom. The summed E-state index contributed by atoms with van der Waals surface area (Å²) in [7, 11) is 1.65. The lowest BCUT2D eigenvalue weighted by atomic mass is 10.1. The Hall–Kier alpha value is -0.620. The van der Waals surface area contributed by atoms with Gasteiger partial charge in [0.05, 0.1) is 5.69 Å². The minimum atomic E-state index is -3.58. The number of hydrogen-bond donors (Lipinski definition) is 0. The first-order valence-corrected chi connectivity index (χ1v) is 7.67. The largest absolute Gasteiger partial charge is 0.249 e. The fourth-order valence-electron chi connectivity index (χ4n) is 1.63. The van der Waals surface area contributed by atoms with E-state index in [1.165, 1.54) is 0 Å². The number of nitrogens with zero attached hydrogens (tertiary/aromatic N) is 3. The van der Waals surface area contributed by atoms with Crippen LogP contribution in [0.1, 0.15) is 44.5 Å². The Morgan fingerprint density at radius 1 is 1.44 bits per heavy atom. The summed E-state index contributed by atoms with van der Waals surface area (Å²) in [6, 6.07) is 0. The molecule has 1 rings (SSSR count). The maximum absolute atomic E-state index is 11.0. The van der Waals surface area contributed by atoms with Crippen molar-refractivity contribution < 1.29 is 8.42 Å². The zero-order valence-corrected chi connectivity index (χ0v) is 11.2. The highest BCUT2D eigenvalue weighted by atomic mass is 35.7. The van der Waals surface area contributed by atoms with Gasteiger partial charge < -0.3 is 0 Å². The van der Waals surface area contributed by atoms with Gasteiger partial charge in [0.1, 0.15) is 11.4 Å². The highest BCUT2D eigenvalue weighted by Gasteiger charge is 2.20. The molecule has 92 valence electrons. The molecule has 0 aromatic carbocycles. The predicted molar refractivity (Wildman–Crippen MR) is 62.9 cm³/mol. The summed E-state index contributed by atoms with van der Waals surface area (Å²) in [5.74, 6) is -0.0823. The van der Waals surface area contributed by atoms with Crippen molar-refractivity contribution in [2.75, 3.05) is 0 Å². The molecule has 1 aromatic heterocycles. The van der Waals surface area contributed by atoms with E-state index in [-0.39, 0.29) is 11.7 Å². The third kappa shape index (κ3) is 3.45. The maximum atomic E-state index is 11.0. The Balaban J connectivity index is 3.10. The van der Waals surface area contributed by atoms with Crippen molar-refractivity contribution in [1.82, 2.24) is 15.0 Å². The molecule has 1 heterocycles. The molecule has 1 aromatic rings. The summed E-state index contributed by atoms with van der Waals surface area (Å²) < 4.78 is 23.8. The second kappa shape index (κ2) is 5.14. The first kappa shape index (κ1) is 13.4. The molecule has 0 unspecified atom stereocenters. The Kier molecular flexibility index (Phi) is 4.32. The minimum absolute atomic E-state index is 0.176. The van der Waals surface area contributed by atoms with Gasteiger partial charge in [0.2, 0.25) is 9.05 Å². The van der Waals surface area contributed by atoms with Crippen LogP contribution >= 0.6 is 10.7 Å². The fraction of sp³-hybridized carbons (Fsp3) is 0.778. The summed E-state index contributed by atoms with van der Waals surface area (Å²) in [5, 5.41) is 7.85. The summed E-state index contributed by atoms with van der Waals surface area (Å²) >= 11 is 0. The van der Waals surface area contributed by atoms with E-state index in [1.54, 1.807) is 4.68 Å². The molecule has 0 aliphatic carbocycles. The molecule has 0 N–H and O–H groups in total. The Morgan fingerprint density at radius 3 is 2.50 bits per heavy atom. The number of aromatic nitrogens is 3. The molecule has 5 nitrogen and oxygen atoms in total. The molecule has 0 saturated carbocycles. The molecule has 0 amide bonds. The van der Waals surface area contributed by atoms with Gasteiger partial charge >= 0.3 is 0 Å². The Bertz CT molecular complexity index is 453. The average Bonchev–Trinajstić information content (AvgIpc) is 2.45. The van der Waals surface area contributed by atoms with Crippen molar-refractivity contribution >= 4 is 19.7 Å². The van der Waals surface area contributed by atoms with E-state index in [0.717, 1.165) is 18.7 Å². The van der Waals surface area contributed by atoms with E-state index < -0.39 is 9.05 Å². The SMILES string of the molecule is CCCn1nnc(CS(=O)(=O)Cl)c1C(C)C. The van der Waals surface area contributed by atoms with E-state index in [4.69, 9.17) is 10.7 Å². The van der Waals surface area contributed by atoms with Crippen LogP contribution in [0.2, 0.25) is 0 Å². The zero-order valence-electron chi connectivity index (χ0n) is 9.64. The summed E-state index contributed by atoms with van der Waals surface area (Å²) in [6.07, 6.45) is 0.927. The van der Waals surface area contributed by atoms with Crippen LogP contribution in [0.3, 0.4) is 0 Å². The van der Waals surface area contributed by atoms with Crippen molar-refractivity contribution in [3.63, 3.8) is 0 Å². The van der Waals surface area contributed by atoms with Crippen LogP contribution in [0.5, 0.6) is 0 Å². The van der Waals surface area contributed by atoms with Gasteiger partial charge in [0.25, 0.3) is 0 Å². The van der Waals surface area contributed by atoms with Crippen molar-refractivity contribution in [2.24, 2.45) is 0 Å². The van der Waals surface area contributed by atoms with Crippen LogP contribution in [0.15, 0.2) is 0 Å². The topological polar surface area (TPSA) is 64.8 Å². The van der Waals surface area contributed by atoms with Crippen LogP contribution in [0.25, 0.3) is 0 Å². The quantitative estimate of drug-likeness (QED) is 0.763. The van der Waals surface area contributed by atoms with Gasteiger partial charge in [-0.25, -0.2) is 13.1 Å². The third-order valence-corrected chi connectivity index (χ3v) is 3.08. The van der Waals surface area contributed by atoms with Crippen molar-refractivity contribution in [3.8, 4) is 0 Å². The number of hydrogen-bond acceptors (Lipinski definition) is 4. The normalized spacial score (nSPS) is 12.3. The lowest BCUT2D eigenvalue weighted by Crippen LogP contribution is -2.08. The number of rotatable bonds is 5. The minimum Gasteiger partial charge on any atom is -0.249 e. The van der Waals surface area contributed by atoms with Crippen molar-refractivity contribution in [3.05, 3.63) is 11.4 Å². The standard InChI is InChI=1S/C9H16ClN3O2S/c1-4-5-13-9(7(2)3)8(11-12-13)6-16(10,14)15/h7H,4-6H2,1-3H3. The maximum Gasteiger partial charge on any atom is 0.238 e. The lowest BCUT2D eigenvalue weighted by Gasteiger charge is -2.09. The first-order valence-electron chi connectivity index (χ1n) is 5.19. The molecule has 0 spiro atoms. The predicted octanol–water partition coefficient (Wildman–Crippen LogP) is 1.88. The van der Waals surface area contributed by atoms with Gasteiger partial charge in [0, 0.05) is 17.2 Å². The Labute approximate surface area is 100 Å². The van der Waals surface area contributed by atoms with Crippen LogP contribution in [0.4, 0.5) is 0 Å².